The van der Waals surface area contributed by atoms with Crippen LogP contribution in [0, 0.1) is 0 Å². The Hall–Kier alpha value is -1.20. The van der Waals surface area contributed by atoms with Crippen molar-refractivity contribution in [3.63, 3.8) is 0 Å². The average molecular weight is 242 g/mol. The van der Waals surface area contributed by atoms with Crippen LogP contribution >= 0.6 is 11.6 Å². The van der Waals surface area contributed by atoms with Crippen LogP contribution in [0.25, 0.3) is 0 Å². The van der Waals surface area contributed by atoms with Gasteiger partial charge in [0.05, 0.1) is 12.4 Å². The van der Waals surface area contributed by atoms with Crippen molar-refractivity contribution in [3.8, 4) is 5.75 Å². The van der Waals surface area contributed by atoms with E-state index in [2.05, 4.69) is 14.9 Å². The average Bonchev–Trinajstić information content (AvgIpc) is 2.80. The molecule has 0 bridgehead atoms. The van der Waals surface area contributed by atoms with Gasteiger partial charge in [-0.2, -0.15) is 0 Å². The van der Waals surface area contributed by atoms with E-state index < -0.39 is 5.24 Å². The summed E-state index contributed by atoms with van der Waals surface area (Å²) in [7, 11) is 0. The fourth-order valence-electron chi connectivity index (χ4n) is 1.57. The minimum Gasteiger partial charge on any atom is -0.475 e. The molecule has 86 valence electrons. The monoisotopic (exact) mass is 241 g/mol. The summed E-state index contributed by atoms with van der Waals surface area (Å²) in [5.74, 6) is 0.545. The number of carbonyl (C=O) groups is 1. The number of ether oxygens (including phenoxy) is 1. The number of likely N-dealkylation sites (tertiary alicyclic amines) is 1. The summed E-state index contributed by atoms with van der Waals surface area (Å²) in [4.78, 5) is 20.5. The van der Waals surface area contributed by atoms with E-state index in [1.54, 1.807) is 0 Å². The number of halogens is 1. The Morgan fingerprint density at radius 3 is 2.56 bits per heavy atom. The molecule has 6 heteroatoms. The molecule has 5 nitrogen and oxygen atoms in total. The van der Waals surface area contributed by atoms with Crippen LogP contribution in [-0.4, -0.2) is 39.9 Å². The van der Waals surface area contributed by atoms with Crippen LogP contribution in [0.4, 0.5) is 0 Å². The van der Waals surface area contributed by atoms with Crippen LogP contribution in [0.15, 0.2) is 12.4 Å². The molecule has 2 heterocycles. The second-order valence-electron chi connectivity index (χ2n) is 3.61. The molecule has 1 aliphatic rings. The highest BCUT2D eigenvalue weighted by atomic mass is 35.5. The minimum absolute atomic E-state index is 0.00445. The fraction of sp³-hybridized carbons (Fsp3) is 0.500. The molecule has 0 atom stereocenters. The van der Waals surface area contributed by atoms with Crippen LogP contribution in [0.1, 0.15) is 23.5 Å². The smallest absolute Gasteiger partial charge is 0.289 e. The zero-order chi connectivity index (χ0) is 11.4. The molecule has 0 amide bonds. The number of aromatic nitrogens is 2. The molecule has 0 aromatic carbocycles. The van der Waals surface area contributed by atoms with Crippen LogP contribution < -0.4 is 4.74 Å². The van der Waals surface area contributed by atoms with Gasteiger partial charge in [0.25, 0.3) is 5.24 Å². The third-order valence-electron chi connectivity index (χ3n) is 2.42. The molecule has 0 N–H and O–H groups in total. The fourth-order valence-corrected chi connectivity index (χ4v) is 1.67. The standard InChI is InChI=1S/C10H12ClN3O2/c11-9(15)10-12-5-8(6-13-10)16-7-14-3-1-2-4-14/h5-6H,1-4,7H2. The normalized spacial score (nSPS) is 16.3. The molecule has 16 heavy (non-hydrogen) atoms. The van der Waals surface area contributed by atoms with Crippen molar-refractivity contribution in [2.24, 2.45) is 0 Å². The first kappa shape index (κ1) is 11.3. The Kier molecular flexibility index (Phi) is 3.69. The highest BCUT2D eigenvalue weighted by molar-refractivity contribution is 6.67. The van der Waals surface area contributed by atoms with E-state index in [-0.39, 0.29) is 5.82 Å². The van der Waals surface area contributed by atoms with E-state index in [1.807, 2.05) is 0 Å². The lowest BCUT2D eigenvalue weighted by Crippen LogP contribution is -2.24. The lowest BCUT2D eigenvalue weighted by atomic mass is 10.4. The van der Waals surface area contributed by atoms with Gasteiger partial charge in [0.15, 0.2) is 5.75 Å². The number of nitrogens with zero attached hydrogens (tertiary/aromatic N) is 3. The third kappa shape index (κ3) is 2.90. The molecule has 1 fully saturated rings. The number of hydrogen-bond donors (Lipinski definition) is 0. The second-order valence-corrected chi connectivity index (χ2v) is 3.96. The quantitative estimate of drug-likeness (QED) is 0.744. The van der Waals surface area contributed by atoms with E-state index >= 15 is 0 Å². The molecule has 0 unspecified atom stereocenters. The SMILES string of the molecule is O=C(Cl)c1ncc(OCN2CCCC2)cn1. The van der Waals surface area contributed by atoms with Gasteiger partial charge >= 0.3 is 0 Å². The van der Waals surface area contributed by atoms with Gasteiger partial charge in [0.1, 0.15) is 6.73 Å². The molecule has 1 aromatic rings. The zero-order valence-electron chi connectivity index (χ0n) is 8.73. The van der Waals surface area contributed by atoms with Gasteiger partial charge in [-0.15, -0.1) is 0 Å². The van der Waals surface area contributed by atoms with Crippen LogP contribution in [-0.2, 0) is 0 Å². The molecular formula is C10H12ClN3O2. The number of hydrogen-bond acceptors (Lipinski definition) is 5. The summed E-state index contributed by atoms with van der Waals surface area (Å²) in [5.41, 5.74) is 0. The minimum atomic E-state index is -0.661. The first-order valence-corrected chi connectivity index (χ1v) is 5.50. The molecular weight excluding hydrogens is 230 g/mol. The van der Waals surface area contributed by atoms with Crippen molar-refractivity contribution in [1.29, 1.82) is 0 Å². The van der Waals surface area contributed by atoms with Crippen molar-refractivity contribution < 1.29 is 9.53 Å². The van der Waals surface area contributed by atoms with E-state index in [1.165, 1.54) is 25.2 Å². The Balaban J connectivity index is 1.87. The van der Waals surface area contributed by atoms with Crippen LogP contribution in [0.3, 0.4) is 0 Å². The molecule has 0 saturated carbocycles. The van der Waals surface area contributed by atoms with Gasteiger partial charge in [0.2, 0.25) is 5.82 Å². The molecule has 1 aliphatic heterocycles. The van der Waals surface area contributed by atoms with Gasteiger partial charge in [-0.3, -0.25) is 9.69 Å². The molecule has 1 aromatic heterocycles. The van der Waals surface area contributed by atoms with Crippen molar-refractivity contribution in [2.45, 2.75) is 12.8 Å². The van der Waals surface area contributed by atoms with E-state index in [0.717, 1.165) is 13.1 Å². The predicted octanol–water partition coefficient (Wildman–Crippen LogP) is 1.29. The first-order chi connectivity index (χ1) is 7.75. The number of carbonyl (C=O) groups excluding carboxylic acids is 1. The Bertz CT molecular complexity index is 363. The summed E-state index contributed by atoms with van der Waals surface area (Å²) in [6, 6.07) is 0. The van der Waals surface area contributed by atoms with Crippen LogP contribution in [0.5, 0.6) is 5.75 Å². The van der Waals surface area contributed by atoms with Crippen molar-refractivity contribution in [1.82, 2.24) is 14.9 Å². The highest BCUT2D eigenvalue weighted by Gasteiger charge is 2.12. The van der Waals surface area contributed by atoms with Crippen molar-refractivity contribution in [2.75, 3.05) is 19.8 Å². The van der Waals surface area contributed by atoms with E-state index in [4.69, 9.17) is 16.3 Å². The largest absolute Gasteiger partial charge is 0.475 e. The first-order valence-electron chi connectivity index (χ1n) is 5.13. The maximum atomic E-state index is 10.7. The van der Waals surface area contributed by atoms with E-state index in [0.29, 0.717) is 12.5 Å². The predicted molar refractivity (Wildman–Crippen MR) is 58.5 cm³/mol. The summed E-state index contributed by atoms with van der Waals surface area (Å²) in [6.07, 6.45) is 5.36. The molecule has 2 rings (SSSR count). The Morgan fingerprint density at radius 1 is 1.38 bits per heavy atom. The topological polar surface area (TPSA) is 55.3 Å². The van der Waals surface area contributed by atoms with Gasteiger partial charge in [0, 0.05) is 13.1 Å². The summed E-state index contributed by atoms with van der Waals surface area (Å²) in [5, 5.41) is -0.661. The lowest BCUT2D eigenvalue weighted by molar-refractivity contribution is 0.107. The Morgan fingerprint density at radius 2 is 2.00 bits per heavy atom. The molecule has 1 saturated heterocycles. The Labute approximate surface area is 98.4 Å². The summed E-state index contributed by atoms with van der Waals surface area (Å²) in [6.45, 7) is 2.68. The molecule has 0 aliphatic carbocycles. The maximum Gasteiger partial charge on any atom is 0.289 e. The zero-order valence-corrected chi connectivity index (χ0v) is 9.48. The number of rotatable bonds is 4. The molecule has 0 spiro atoms. The van der Waals surface area contributed by atoms with Gasteiger partial charge < -0.3 is 4.74 Å². The van der Waals surface area contributed by atoms with Gasteiger partial charge in [-0.1, -0.05) is 0 Å². The lowest BCUT2D eigenvalue weighted by Gasteiger charge is -2.14. The molecule has 0 radical (unpaired) electrons. The third-order valence-corrected chi connectivity index (χ3v) is 2.59. The van der Waals surface area contributed by atoms with Crippen molar-refractivity contribution in [3.05, 3.63) is 18.2 Å². The summed E-state index contributed by atoms with van der Waals surface area (Å²) >= 11 is 5.22. The van der Waals surface area contributed by atoms with Crippen LogP contribution in [0.2, 0.25) is 0 Å². The van der Waals surface area contributed by atoms with E-state index in [9.17, 15) is 4.79 Å². The van der Waals surface area contributed by atoms with Gasteiger partial charge in [-0.25, -0.2) is 9.97 Å². The second kappa shape index (κ2) is 5.23. The summed E-state index contributed by atoms with van der Waals surface area (Å²) < 4.78 is 5.47. The van der Waals surface area contributed by atoms with Gasteiger partial charge in [-0.05, 0) is 24.4 Å². The maximum absolute atomic E-state index is 10.7. The highest BCUT2D eigenvalue weighted by Crippen LogP contribution is 2.11. The van der Waals surface area contributed by atoms with Crippen molar-refractivity contribution >= 4 is 16.8 Å².